The van der Waals surface area contributed by atoms with Crippen LogP contribution in [0.5, 0.6) is 5.75 Å². The molecule has 1 aliphatic rings. The third kappa shape index (κ3) is 3.26. The Morgan fingerprint density at radius 3 is 2.77 bits per heavy atom. The second-order valence-electron chi connectivity index (χ2n) is 5.46. The van der Waals surface area contributed by atoms with E-state index in [4.69, 9.17) is 10.5 Å². The van der Waals surface area contributed by atoms with E-state index < -0.39 is 0 Å². The molecule has 1 aliphatic heterocycles. The SMILES string of the molecule is N[C@@H]1CN(C(=O)COc2cccnc2)C[C@H]1c1ccccc1. The summed E-state index contributed by atoms with van der Waals surface area (Å²) in [6.07, 6.45) is 3.26. The van der Waals surface area contributed by atoms with Gasteiger partial charge in [-0.05, 0) is 17.7 Å². The average molecular weight is 297 g/mol. The Bertz CT molecular complexity index is 618. The van der Waals surface area contributed by atoms with Crippen LogP contribution in [0.15, 0.2) is 54.9 Å². The fraction of sp³-hybridized carbons (Fsp3) is 0.294. The summed E-state index contributed by atoms with van der Waals surface area (Å²) in [5.41, 5.74) is 7.38. The lowest BCUT2D eigenvalue weighted by atomic mass is 9.95. The molecule has 114 valence electrons. The highest BCUT2D eigenvalue weighted by atomic mass is 16.5. The fourth-order valence-corrected chi connectivity index (χ4v) is 2.75. The summed E-state index contributed by atoms with van der Waals surface area (Å²) in [7, 11) is 0. The number of rotatable bonds is 4. The number of nitrogens with two attached hydrogens (primary N) is 1. The van der Waals surface area contributed by atoms with Gasteiger partial charge in [-0.3, -0.25) is 9.78 Å². The molecule has 0 bridgehead atoms. The van der Waals surface area contributed by atoms with Gasteiger partial charge in [-0.1, -0.05) is 30.3 Å². The highest BCUT2D eigenvalue weighted by Crippen LogP contribution is 2.26. The summed E-state index contributed by atoms with van der Waals surface area (Å²) in [6, 6.07) is 13.6. The zero-order chi connectivity index (χ0) is 15.4. The van der Waals surface area contributed by atoms with E-state index in [0.29, 0.717) is 18.8 Å². The molecule has 0 unspecified atom stereocenters. The number of hydrogen-bond acceptors (Lipinski definition) is 4. The third-order valence-electron chi connectivity index (χ3n) is 3.94. The van der Waals surface area contributed by atoms with Crippen molar-refractivity contribution in [2.45, 2.75) is 12.0 Å². The van der Waals surface area contributed by atoms with Crippen LogP contribution < -0.4 is 10.5 Å². The van der Waals surface area contributed by atoms with E-state index in [1.54, 1.807) is 29.4 Å². The van der Waals surface area contributed by atoms with Crippen molar-refractivity contribution in [3.8, 4) is 5.75 Å². The molecular weight excluding hydrogens is 278 g/mol. The largest absolute Gasteiger partial charge is 0.482 e. The standard InChI is InChI=1S/C17H19N3O2/c18-16-11-20(10-15(16)13-5-2-1-3-6-13)17(21)12-22-14-7-4-8-19-9-14/h1-9,15-16H,10-12,18H2/t15-,16+/m0/s1. The third-order valence-corrected chi connectivity index (χ3v) is 3.94. The molecule has 1 amide bonds. The topological polar surface area (TPSA) is 68.5 Å². The maximum Gasteiger partial charge on any atom is 0.260 e. The van der Waals surface area contributed by atoms with Crippen LogP contribution in [-0.4, -0.2) is 41.5 Å². The first-order chi connectivity index (χ1) is 10.7. The molecule has 0 radical (unpaired) electrons. The molecule has 5 heteroatoms. The second-order valence-corrected chi connectivity index (χ2v) is 5.46. The van der Waals surface area contributed by atoms with E-state index in [9.17, 15) is 4.79 Å². The van der Waals surface area contributed by atoms with Crippen molar-refractivity contribution in [3.05, 3.63) is 60.4 Å². The maximum absolute atomic E-state index is 12.3. The molecular formula is C17H19N3O2. The minimum atomic E-state index is -0.0438. The van der Waals surface area contributed by atoms with Crippen molar-refractivity contribution in [2.75, 3.05) is 19.7 Å². The number of pyridine rings is 1. The molecule has 0 saturated carbocycles. The van der Waals surface area contributed by atoms with Crippen LogP contribution in [0.2, 0.25) is 0 Å². The normalized spacial score (nSPS) is 20.9. The van der Waals surface area contributed by atoms with Crippen LogP contribution in [0, 0.1) is 0 Å². The average Bonchev–Trinajstić information content (AvgIpc) is 2.96. The number of carbonyl (C=O) groups is 1. The number of amides is 1. The minimum Gasteiger partial charge on any atom is -0.482 e. The van der Waals surface area contributed by atoms with E-state index in [-0.39, 0.29) is 24.5 Å². The van der Waals surface area contributed by atoms with Gasteiger partial charge in [0.15, 0.2) is 6.61 Å². The number of ether oxygens (including phenoxy) is 1. The molecule has 1 aromatic heterocycles. The lowest BCUT2D eigenvalue weighted by molar-refractivity contribution is -0.132. The number of aromatic nitrogens is 1. The highest BCUT2D eigenvalue weighted by Gasteiger charge is 2.33. The van der Waals surface area contributed by atoms with E-state index in [2.05, 4.69) is 17.1 Å². The lowest BCUT2D eigenvalue weighted by Gasteiger charge is -2.16. The van der Waals surface area contributed by atoms with Gasteiger partial charge >= 0.3 is 0 Å². The Balaban J connectivity index is 1.58. The van der Waals surface area contributed by atoms with Crippen molar-refractivity contribution in [1.82, 2.24) is 9.88 Å². The van der Waals surface area contributed by atoms with Gasteiger partial charge in [0.2, 0.25) is 0 Å². The molecule has 5 nitrogen and oxygen atoms in total. The quantitative estimate of drug-likeness (QED) is 0.926. The van der Waals surface area contributed by atoms with Crippen LogP contribution in [0.1, 0.15) is 11.5 Å². The van der Waals surface area contributed by atoms with E-state index in [1.165, 1.54) is 5.56 Å². The Hall–Kier alpha value is -2.40. The Labute approximate surface area is 129 Å². The maximum atomic E-state index is 12.3. The smallest absolute Gasteiger partial charge is 0.260 e. The summed E-state index contributed by atoms with van der Waals surface area (Å²) in [4.78, 5) is 18.0. The summed E-state index contributed by atoms with van der Waals surface area (Å²) in [5, 5.41) is 0. The summed E-state index contributed by atoms with van der Waals surface area (Å²) >= 11 is 0. The van der Waals surface area contributed by atoms with Gasteiger partial charge in [-0.2, -0.15) is 0 Å². The van der Waals surface area contributed by atoms with Crippen LogP contribution in [-0.2, 0) is 4.79 Å². The highest BCUT2D eigenvalue weighted by molar-refractivity contribution is 5.78. The predicted octanol–water partition coefficient (Wildman–Crippen LogP) is 1.41. The van der Waals surface area contributed by atoms with Crippen molar-refractivity contribution in [2.24, 2.45) is 5.73 Å². The molecule has 0 spiro atoms. The van der Waals surface area contributed by atoms with E-state index >= 15 is 0 Å². The Morgan fingerprint density at radius 1 is 1.23 bits per heavy atom. The van der Waals surface area contributed by atoms with Crippen LogP contribution in [0.4, 0.5) is 0 Å². The van der Waals surface area contributed by atoms with Crippen molar-refractivity contribution >= 4 is 5.91 Å². The number of likely N-dealkylation sites (tertiary alicyclic amines) is 1. The molecule has 2 heterocycles. The number of carbonyl (C=O) groups excluding carboxylic acids is 1. The minimum absolute atomic E-state index is 0.0138. The molecule has 0 aliphatic carbocycles. The zero-order valence-electron chi connectivity index (χ0n) is 12.3. The van der Waals surface area contributed by atoms with Gasteiger partial charge in [0.1, 0.15) is 5.75 Å². The first-order valence-corrected chi connectivity index (χ1v) is 7.35. The van der Waals surface area contributed by atoms with Crippen molar-refractivity contribution in [1.29, 1.82) is 0 Å². The Kier molecular flexibility index (Phi) is 4.34. The monoisotopic (exact) mass is 297 g/mol. The summed E-state index contributed by atoms with van der Waals surface area (Å²) in [5.74, 6) is 0.736. The fourth-order valence-electron chi connectivity index (χ4n) is 2.75. The molecule has 3 rings (SSSR count). The lowest BCUT2D eigenvalue weighted by Crippen LogP contribution is -2.35. The van der Waals surface area contributed by atoms with Gasteiger partial charge in [-0.15, -0.1) is 0 Å². The van der Waals surface area contributed by atoms with Gasteiger partial charge in [-0.25, -0.2) is 0 Å². The summed E-state index contributed by atoms with van der Waals surface area (Å²) < 4.78 is 5.46. The molecule has 22 heavy (non-hydrogen) atoms. The number of nitrogens with zero attached hydrogens (tertiary/aromatic N) is 2. The molecule has 2 atom stereocenters. The number of benzene rings is 1. The van der Waals surface area contributed by atoms with Gasteiger partial charge in [0.25, 0.3) is 5.91 Å². The number of hydrogen-bond donors (Lipinski definition) is 1. The van der Waals surface area contributed by atoms with E-state index in [0.717, 1.165) is 0 Å². The first-order valence-electron chi connectivity index (χ1n) is 7.35. The molecule has 1 aromatic carbocycles. The van der Waals surface area contributed by atoms with Crippen LogP contribution >= 0.6 is 0 Å². The molecule has 2 N–H and O–H groups in total. The van der Waals surface area contributed by atoms with E-state index in [1.807, 2.05) is 18.2 Å². The van der Waals surface area contributed by atoms with Crippen LogP contribution in [0.3, 0.4) is 0 Å². The van der Waals surface area contributed by atoms with Crippen LogP contribution in [0.25, 0.3) is 0 Å². The van der Waals surface area contributed by atoms with Gasteiger partial charge in [0, 0.05) is 31.2 Å². The Morgan fingerprint density at radius 2 is 2.05 bits per heavy atom. The van der Waals surface area contributed by atoms with Crippen molar-refractivity contribution in [3.63, 3.8) is 0 Å². The van der Waals surface area contributed by atoms with Crippen molar-refractivity contribution < 1.29 is 9.53 Å². The predicted molar refractivity (Wildman–Crippen MR) is 83.5 cm³/mol. The molecule has 2 aromatic rings. The van der Waals surface area contributed by atoms with Gasteiger partial charge in [0.05, 0.1) is 6.20 Å². The summed E-state index contributed by atoms with van der Waals surface area (Å²) in [6.45, 7) is 1.22. The zero-order valence-corrected chi connectivity index (χ0v) is 12.3. The van der Waals surface area contributed by atoms with Gasteiger partial charge < -0.3 is 15.4 Å². The molecule has 1 saturated heterocycles. The first kappa shape index (κ1) is 14.5. The molecule has 1 fully saturated rings. The second kappa shape index (κ2) is 6.58.